The summed E-state index contributed by atoms with van der Waals surface area (Å²) in [5, 5.41) is 3.36. The Bertz CT molecular complexity index is 253. The van der Waals surface area contributed by atoms with Crippen LogP contribution in [0.1, 0.15) is 12.8 Å². The van der Waals surface area contributed by atoms with E-state index < -0.39 is 6.09 Å². The lowest BCUT2D eigenvalue weighted by Crippen LogP contribution is -2.49. The molecule has 3 N–H and O–H groups in total. The average Bonchev–Trinajstić information content (AvgIpc) is 2.46. The number of amides is 1. The molecule has 78 valence electrons. The lowest BCUT2D eigenvalue weighted by molar-refractivity contribution is 0.134. The molecule has 0 spiro atoms. The van der Waals surface area contributed by atoms with Crippen LogP contribution in [0.15, 0.2) is 12.2 Å². The van der Waals surface area contributed by atoms with Crippen LogP contribution in [0.25, 0.3) is 0 Å². The molecule has 0 aromatic heterocycles. The van der Waals surface area contributed by atoms with Gasteiger partial charge in [-0.1, -0.05) is 12.2 Å². The summed E-state index contributed by atoms with van der Waals surface area (Å²) in [5.41, 5.74) is 4.84. The third kappa shape index (κ3) is 1.90. The van der Waals surface area contributed by atoms with Gasteiger partial charge in [0.1, 0.15) is 6.61 Å². The minimum absolute atomic E-state index is 0.368. The van der Waals surface area contributed by atoms with E-state index in [1.54, 1.807) is 0 Å². The fourth-order valence-electron chi connectivity index (χ4n) is 2.34. The summed E-state index contributed by atoms with van der Waals surface area (Å²) >= 11 is 0. The van der Waals surface area contributed by atoms with Crippen LogP contribution in [0.5, 0.6) is 0 Å². The Labute approximate surface area is 83.5 Å². The van der Waals surface area contributed by atoms with Crippen molar-refractivity contribution in [1.82, 2.24) is 5.32 Å². The first-order chi connectivity index (χ1) is 6.77. The van der Waals surface area contributed by atoms with Crippen LogP contribution in [0, 0.1) is 11.8 Å². The molecule has 1 fully saturated rings. The second kappa shape index (κ2) is 4.00. The van der Waals surface area contributed by atoms with Crippen molar-refractivity contribution in [3.05, 3.63) is 12.2 Å². The normalized spacial score (nSPS) is 33.6. The van der Waals surface area contributed by atoms with E-state index in [0.29, 0.717) is 25.1 Å². The molecule has 0 aromatic carbocycles. The Balaban J connectivity index is 1.59. The maximum absolute atomic E-state index is 10.3. The van der Waals surface area contributed by atoms with Gasteiger partial charge in [-0.25, -0.2) is 4.79 Å². The van der Waals surface area contributed by atoms with Crippen molar-refractivity contribution in [3.8, 4) is 0 Å². The number of nitrogens with one attached hydrogen (secondary N) is 1. The molecule has 2 aliphatic rings. The van der Waals surface area contributed by atoms with E-state index in [4.69, 9.17) is 5.73 Å². The van der Waals surface area contributed by atoms with Gasteiger partial charge in [0, 0.05) is 12.6 Å². The third-order valence-electron chi connectivity index (χ3n) is 3.12. The van der Waals surface area contributed by atoms with Crippen molar-refractivity contribution in [2.45, 2.75) is 18.9 Å². The van der Waals surface area contributed by atoms with Crippen molar-refractivity contribution in [2.75, 3.05) is 13.2 Å². The van der Waals surface area contributed by atoms with Crippen LogP contribution in [-0.4, -0.2) is 25.3 Å². The molecule has 0 aliphatic heterocycles. The Morgan fingerprint density at radius 3 is 3.21 bits per heavy atom. The lowest BCUT2D eigenvalue weighted by Gasteiger charge is -2.40. The van der Waals surface area contributed by atoms with E-state index in [-0.39, 0.29) is 0 Å². The second-order valence-corrected chi connectivity index (χ2v) is 3.97. The Morgan fingerprint density at radius 1 is 1.64 bits per heavy atom. The highest BCUT2D eigenvalue weighted by atomic mass is 16.5. The summed E-state index contributed by atoms with van der Waals surface area (Å²) in [6.07, 6.45) is 6.34. The highest BCUT2D eigenvalue weighted by Crippen LogP contribution is 2.42. The van der Waals surface area contributed by atoms with Crippen LogP contribution < -0.4 is 11.1 Å². The molecule has 14 heavy (non-hydrogen) atoms. The number of carbonyl (C=O) groups excluding carboxylic acids is 1. The molecule has 3 unspecified atom stereocenters. The van der Waals surface area contributed by atoms with E-state index in [0.717, 1.165) is 5.92 Å². The molecule has 0 aromatic rings. The van der Waals surface area contributed by atoms with Gasteiger partial charge in [0.25, 0.3) is 0 Å². The number of hydrogen-bond acceptors (Lipinski definition) is 3. The summed E-state index contributed by atoms with van der Waals surface area (Å²) in [6.45, 7) is 1.07. The maximum atomic E-state index is 10.3. The molecule has 0 heterocycles. The average molecular weight is 196 g/mol. The van der Waals surface area contributed by atoms with E-state index in [9.17, 15) is 4.79 Å². The number of primary amides is 1. The number of allylic oxidation sites excluding steroid dienone is 1. The Hall–Kier alpha value is -1.03. The highest BCUT2D eigenvalue weighted by molar-refractivity contribution is 5.64. The molecular formula is C10H16N2O2. The van der Waals surface area contributed by atoms with E-state index in [1.807, 2.05) is 0 Å². The summed E-state index contributed by atoms with van der Waals surface area (Å²) in [5.74, 6) is 1.58. The van der Waals surface area contributed by atoms with E-state index in [2.05, 4.69) is 22.2 Å². The molecule has 0 bridgehead atoms. The fraction of sp³-hybridized carbons (Fsp3) is 0.700. The van der Waals surface area contributed by atoms with E-state index >= 15 is 0 Å². The van der Waals surface area contributed by atoms with Gasteiger partial charge >= 0.3 is 6.09 Å². The molecule has 3 atom stereocenters. The number of hydrogen-bond donors (Lipinski definition) is 2. The topological polar surface area (TPSA) is 64.4 Å². The number of fused-ring (bicyclic) bond motifs is 1. The van der Waals surface area contributed by atoms with Crippen LogP contribution in [-0.2, 0) is 4.74 Å². The molecule has 1 amide bonds. The standard InChI is InChI=1S/C10H16N2O2/c11-10(13)14-5-4-12-9-6-7-2-1-3-8(7)9/h1,3,7-9,12H,2,4-6H2,(H2,11,13). The summed E-state index contributed by atoms with van der Waals surface area (Å²) in [7, 11) is 0. The van der Waals surface area contributed by atoms with Crippen LogP contribution in [0.4, 0.5) is 4.79 Å². The number of nitrogens with two attached hydrogens (primary N) is 1. The van der Waals surface area contributed by atoms with Crippen LogP contribution >= 0.6 is 0 Å². The first kappa shape index (κ1) is 9.52. The van der Waals surface area contributed by atoms with Crippen molar-refractivity contribution in [2.24, 2.45) is 17.6 Å². The van der Waals surface area contributed by atoms with Gasteiger partial charge < -0.3 is 15.8 Å². The van der Waals surface area contributed by atoms with Crippen LogP contribution in [0.2, 0.25) is 0 Å². The largest absolute Gasteiger partial charge is 0.448 e. The molecule has 1 saturated carbocycles. The number of ether oxygens (including phenoxy) is 1. The summed E-state index contributed by atoms with van der Waals surface area (Å²) in [4.78, 5) is 10.3. The zero-order chi connectivity index (χ0) is 9.97. The quantitative estimate of drug-likeness (QED) is 0.512. The Kier molecular flexibility index (Phi) is 2.72. The molecule has 0 saturated heterocycles. The zero-order valence-corrected chi connectivity index (χ0v) is 8.11. The third-order valence-corrected chi connectivity index (χ3v) is 3.12. The van der Waals surface area contributed by atoms with Gasteiger partial charge in [0.05, 0.1) is 0 Å². The van der Waals surface area contributed by atoms with Crippen molar-refractivity contribution in [3.63, 3.8) is 0 Å². The predicted octanol–water partition coefficient (Wildman–Crippen LogP) is 0.636. The molecular weight excluding hydrogens is 180 g/mol. The van der Waals surface area contributed by atoms with Gasteiger partial charge in [-0.3, -0.25) is 0 Å². The predicted molar refractivity (Wildman–Crippen MR) is 52.7 cm³/mol. The first-order valence-electron chi connectivity index (χ1n) is 5.09. The van der Waals surface area contributed by atoms with Crippen molar-refractivity contribution < 1.29 is 9.53 Å². The lowest BCUT2D eigenvalue weighted by atomic mass is 9.71. The smallest absolute Gasteiger partial charge is 0.404 e. The van der Waals surface area contributed by atoms with Gasteiger partial charge in [0.2, 0.25) is 0 Å². The maximum Gasteiger partial charge on any atom is 0.404 e. The summed E-state index contributed by atoms with van der Waals surface area (Å²) in [6, 6.07) is 0.579. The fourth-order valence-corrected chi connectivity index (χ4v) is 2.34. The van der Waals surface area contributed by atoms with Crippen LogP contribution in [0.3, 0.4) is 0 Å². The van der Waals surface area contributed by atoms with Crippen molar-refractivity contribution >= 4 is 6.09 Å². The number of rotatable bonds is 4. The molecule has 2 aliphatic carbocycles. The second-order valence-electron chi connectivity index (χ2n) is 3.97. The SMILES string of the molecule is NC(=O)OCCNC1CC2CC=CC21. The monoisotopic (exact) mass is 196 g/mol. The zero-order valence-electron chi connectivity index (χ0n) is 8.11. The van der Waals surface area contributed by atoms with Gasteiger partial charge in [-0.15, -0.1) is 0 Å². The van der Waals surface area contributed by atoms with Gasteiger partial charge in [-0.05, 0) is 24.7 Å². The van der Waals surface area contributed by atoms with Crippen molar-refractivity contribution in [1.29, 1.82) is 0 Å². The number of carbonyl (C=O) groups is 1. The molecule has 4 heteroatoms. The highest BCUT2D eigenvalue weighted by Gasteiger charge is 2.40. The first-order valence-corrected chi connectivity index (χ1v) is 5.09. The van der Waals surface area contributed by atoms with E-state index in [1.165, 1.54) is 12.8 Å². The minimum Gasteiger partial charge on any atom is -0.448 e. The molecule has 4 nitrogen and oxygen atoms in total. The minimum atomic E-state index is -0.695. The molecule has 2 rings (SSSR count). The van der Waals surface area contributed by atoms with Gasteiger partial charge in [0.15, 0.2) is 0 Å². The molecule has 0 radical (unpaired) electrons. The van der Waals surface area contributed by atoms with Gasteiger partial charge in [-0.2, -0.15) is 0 Å². The Morgan fingerprint density at radius 2 is 2.50 bits per heavy atom. The summed E-state index contributed by atoms with van der Waals surface area (Å²) < 4.78 is 4.63.